The largest absolute Gasteiger partial charge is 0.389 e. The van der Waals surface area contributed by atoms with Crippen LogP contribution >= 0.6 is 22.9 Å². The van der Waals surface area contributed by atoms with Crippen LogP contribution < -0.4 is 0 Å². The summed E-state index contributed by atoms with van der Waals surface area (Å²) in [5.41, 5.74) is 0.144. The number of nitrogens with zero attached hydrogens (tertiary/aromatic N) is 3. The Bertz CT molecular complexity index is 489. The van der Waals surface area contributed by atoms with Crippen LogP contribution in [0, 0.1) is 0 Å². The molecule has 6 heteroatoms. The monoisotopic (exact) mass is 317 g/mol. The van der Waals surface area contributed by atoms with Gasteiger partial charge in [0.15, 0.2) is 0 Å². The predicted octanol–water partition coefficient (Wildman–Crippen LogP) is 4.48. The number of halogens is 1. The molecule has 114 valence electrons. The molecule has 0 aliphatic heterocycles. The second-order valence-corrected chi connectivity index (χ2v) is 5.46. The van der Waals surface area contributed by atoms with Crippen molar-refractivity contribution in [3.05, 3.63) is 22.9 Å². The van der Waals surface area contributed by atoms with Gasteiger partial charge in [0.05, 0.1) is 18.3 Å². The lowest BCUT2D eigenvalue weighted by atomic mass is 10.1. The summed E-state index contributed by atoms with van der Waals surface area (Å²) in [6.45, 7) is 11.9. The van der Waals surface area contributed by atoms with Gasteiger partial charge < -0.3 is 5.11 Å². The molecular formula is C14H24ClN3OS. The van der Waals surface area contributed by atoms with Gasteiger partial charge in [-0.3, -0.25) is 4.68 Å². The molecule has 2 aromatic heterocycles. The molecule has 2 aromatic rings. The van der Waals surface area contributed by atoms with E-state index in [1.807, 2.05) is 33.9 Å². The van der Waals surface area contributed by atoms with Crippen LogP contribution in [-0.4, -0.2) is 25.5 Å². The van der Waals surface area contributed by atoms with E-state index in [0.29, 0.717) is 11.7 Å². The summed E-state index contributed by atoms with van der Waals surface area (Å²) in [7, 11) is 0. The van der Waals surface area contributed by atoms with Crippen molar-refractivity contribution in [3.63, 3.8) is 0 Å². The van der Waals surface area contributed by atoms with Crippen LogP contribution in [0.3, 0.4) is 0 Å². The van der Waals surface area contributed by atoms with Crippen LogP contribution in [0.25, 0.3) is 10.6 Å². The zero-order valence-corrected chi connectivity index (χ0v) is 14.6. The fourth-order valence-electron chi connectivity index (χ4n) is 1.34. The van der Waals surface area contributed by atoms with Gasteiger partial charge in [-0.1, -0.05) is 39.3 Å². The molecule has 0 amide bonds. The molecule has 0 aliphatic carbocycles. The van der Waals surface area contributed by atoms with Gasteiger partial charge >= 0.3 is 0 Å². The van der Waals surface area contributed by atoms with E-state index < -0.39 is 5.60 Å². The van der Waals surface area contributed by atoms with Crippen molar-refractivity contribution >= 4 is 22.9 Å². The molecule has 0 unspecified atom stereocenters. The van der Waals surface area contributed by atoms with E-state index >= 15 is 0 Å². The molecule has 0 atom stereocenters. The Morgan fingerprint density at radius 3 is 2.35 bits per heavy atom. The second-order valence-electron chi connectivity index (χ2n) is 4.21. The molecule has 0 bridgehead atoms. The number of hydrogen-bond donors (Lipinski definition) is 1. The minimum atomic E-state index is -0.774. The number of aliphatic hydroxyl groups is 1. The third-order valence-electron chi connectivity index (χ3n) is 1.91. The highest BCUT2D eigenvalue weighted by Crippen LogP contribution is 2.25. The van der Waals surface area contributed by atoms with Gasteiger partial charge in [0.2, 0.25) is 0 Å². The summed E-state index contributed by atoms with van der Waals surface area (Å²) in [5.74, 6) is 0. The maximum absolute atomic E-state index is 9.66. The Morgan fingerprint density at radius 1 is 1.30 bits per heavy atom. The van der Waals surface area contributed by atoms with Crippen molar-refractivity contribution < 1.29 is 5.11 Å². The van der Waals surface area contributed by atoms with Crippen molar-refractivity contribution in [2.45, 2.75) is 53.7 Å². The number of aromatic nitrogens is 3. The average molecular weight is 318 g/mol. The lowest BCUT2D eigenvalue weighted by Gasteiger charge is -2.16. The molecule has 0 aliphatic rings. The second kappa shape index (κ2) is 9.10. The number of thiazole rings is 1. The van der Waals surface area contributed by atoms with Gasteiger partial charge in [0, 0.05) is 17.1 Å². The summed E-state index contributed by atoms with van der Waals surface area (Å²) < 4.78 is 1.70. The Morgan fingerprint density at radius 2 is 1.90 bits per heavy atom. The average Bonchev–Trinajstić information content (AvgIpc) is 3.01. The molecule has 0 radical (unpaired) electrons. The molecule has 0 saturated carbocycles. The molecule has 4 nitrogen and oxygen atoms in total. The number of rotatable bonds is 3. The van der Waals surface area contributed by atoms with Crippen molar-refractivity contribution in [2.75, 3.05) is 0 Å². The molecule has 20 heavy (non-hydrogen) atoms. The fraction of sp³-hybridized carbons (Fsp3) is 0.571. The first-order chi connectivity index (χ1) is 9.44. The molecule has 0 saturated heterocycles. The van der Waals surface area contributed by atoms with Crippen LogP contribution in [0.5, 0.6) is 0 Å². The van der Waals surface area contributed by atoms with Crippen LogP contribution in [0.2, 0.25) is 5.15 Å². The van der Waals surface area contributed by atoms with E-state index in [2.05, 4.69) is 10.1 Å². The number of hydrogen-bond acceptors (Lipinski definition) is 4. The highest BCUT2D eigenvalue weighted by atomic mass is 35.5. The van der Waals surface area contributed by atoms with Gasteiger partial charge in [0.1, 0.15) is 10.2 Å². The Hall–Kier alpha value is -0.910. The predicted molar refractivity (Wildman–Crippen MR) is 87.3 cm³/mol. The summed E-state index contributed by atoms with van der Waals surface area (Å²) >= 11 is 7.23. The van der Waals surface area contributed by atoms with Gasteiger partial charge in [-0.25, -0.2) is 4.98 Å². The zero-order valence-electron chi connectivity index (χ0n) is 13.0. The first-order valence-electron chi connectivity index (χ1n) is 6.80. The van der Waals surface area contributed by atoms with E-state index in [1.165, 1.54) is 11.3 Å². The normalized spacial score (nSPS) is 10.2. The smallest absolute Gasteiger partial charge is 0.140 e. The highest BCUT2D eigenvalue weighted by Gasteiger charge is 2.15. The molecule has 0 spiro atoms. The van der Waals surface area contributed by atoms with Crippen LogP contribution in [-0.2, 0) is 6.54 Å². The molecule has 2 heterocycles. The van der Waals surface area contributed by atoms with Gasteiger partial charge in [-0.05, 0) is 13.8 Å². The fourth-order valence-corrected chi connectivity index (χ4v) is 2.27. The first-order valence-corrected chi connectivity index (χ1v) is 8.06. The van der Waals surface area contributed by atoms with E-state index in [1.54, 1.807) is 30.1 Å². The maximum atomic E-state index is 9.66. The molecule has 0 fully saturated rings. The van der Waals surface area contributed by atoms with E-state index in [0.717, 1.165) is 10.6 Å². The van der Waals surface area contributed by atoms with E-state index in [9.17, 15) is 5.11 Å². The lowest BCUT2D eigenvalue weighted by Crippen LogP contribution is -2.26. The standard InChI is InChI=1S/C10H12ClN3OS.2C2H6/c1-10(2,15)6-14-4-7(3-12-14)9-13-8(11)5-16-9;2*1-2/h3-5,15H,6H2,1-2H3;2*1-2H3. The topological polar surface area (TPSA) is 50.9 Å². The lowest BCUT2D eigenvalue weighted by molar-refractivity contribution is 0.0577. The first kappa shape index (κ1) is 19.1. The summed E-state index contributed by atoms with van der Waals surface area (Å²) in [6, 6.07) is 0. The molecule has 2 rings (SSSR count). The van der Waals surface area contributed by atoms with Crippen molar-refractivity contribution in [3.8, 4) is 10.6 Å². The summed E-state index contributed by atoms with van der Waals surface area (Å²) in [4.78, 5) is 4.16. The molecular weight excluding hydrogens is 294 g/mol. The summed E-state index contributed by atoms with van der Waals surface area (Å²) in [6.07, 6.45) is 3.58. The zero-order chi connectivity index (χ0) is 15.8. The van der Waals surface area contributed by atoms with Crippen molar-refractivity contribution in [1.29, 1.82) is 0 Å². The Kier molecular flexibility index (Phi) is 8.69. The van der Waals surface area contributed by atoms with E-state index in [-0.39, 0.29) is 0 Å². The third-order valence-corrected chi connectivity index (χ3v) is 3.12. The summed E-state index contributed by atoms with van der Waals surface area (Å²) in [5, 5.41) is 16.9. The third kappa shape index (κ3) is 6.50. The maximum Gasteiger partial charge on any atom is 0.140 e. The van der Waals surface area contributed by atoms with Crippen LogP contribution in [0.4, 0.5) is 0 Å². The quantitative estimate of drug-likeness (QED) is 0.907. The van der Waals surface area contributed by atoms with Crippen LogP contribution in [0.1, 0.15) is 41.5 Å². The van der Waals surface area contributed by atoms with Crippen molar-refractivity contribution in [1.82, 2.24) is 14.8 Å². The molecule has 1 N–H and O–H groups in total. The van der Waals surface area contributed by atoms with Crippen molar-refractivity contribution in [2.24, 2.45) is 0 Å². The van der Waals surface area contributed by atoms with E-state index in [4.69, 9.17) is 11.6 Å². The Balaban J connectivity index is 0.000000829. The van der Waals surface area contributed by atoms with Gasteiger partial charge in [0.25, 0.3) is 0 Å². The minimum absolute atomic E-state index is 0.451. The Labute approximate surface area is 130 Å². The minimum Gasteiger partial charge on any atom is -0.389 e. The highest BCUT2D eigenvalue weighted by molar-refractivity contribution is 7.13. The van der Waals surface area contributed by atoms with Gasteiger partial charge in [-0.15, -0.1) is 11.3 Å². The molecule has 0 aromatic carbocycles. The van der Waals surface area contributed by atoms with Crippen LogP contribution in [0.15, 0.2) is 17.8 Å². The SMILES string of the molecule is CC.CC.CC(C)(O)Cn1cc(-c2nc(Cl)cs2)cn1. The van der Waals surface area contributed by atoms with Gasteiger partial charge in [-0.2, -0.15) is 5.10 Å².